The predicted molar refractivity (Wildman–Crippen MR) is 103 cm³/mol. The molecule has 1 unspecified atom stereocenters. The Morgan fingerprint density at radius 2 is 1.82 bits per heavy atom. The Kier molecular flexibility index (Phi) is 5.33. The fourth-order valence-electron chi connectivity index (χ4n) is 2.82. The van der Waals surface area contributed by atoms with Gasteiger partial charge in [-0.15, -0.1) is 0 Å². The van der Waals surface area contributed by atoms with Crippen molar-refractivity contribution < 1.29 is 22.0 Å². The lowest BCUT2D eigenvalue weighted by atomic mass is 10.00. The minimum Gasteiger partial charge on any atom is -0.348 e. The molecular weight excluding hydrogens is 386 g/mol. The van der Waals surface area contributed by atoms with Crippen LogP contribution in [-0.4, -0.2) is 26.2 Å². The van der Waals surface area contributed by atoms with Gasteiger partial charge < -0.3 is 4.98 Å². The molecular formula is C20H18F2N2O3S. The number of sulfonamides is 1. The molecule has 146 valence electrons. The smallest absolute Gasteiger partial charge is 0.242 e. The van der Waals surface area contributed by atoms with Crippen LogP contribution in [0.5, 0.6) is 0 Å². The van der Waals surface area contributed by atoms with Gasteiger partial charge in [-0.1, -0.05) is 18.2 Å². The highest BCUT2D eigenvalue weighted by Gasteiger charge is 2.29. The molecule has 0 radical (unpaired) electrons. The number of carbonyl (C=O) groups is 1. The van der Waals surface area contributed by atoms with Crippen molar-refractivity contribution in [2.24, 2.45) is 0 Å². The number of hydrogen-bond acceptors (Lipinski definition) is 3. The zero-order valence-corrected chi connectivity index (χ0v) is 16.0. The van der Waals surface area contributed by atoms with Crippen molar-refractivity contribution >= 4 is 21.6 Å². The summed E-state index contributed by atoms with van der Waals surface area (Å²) >= 11 is 0. The molecule has 0 saturated heterocycles. The molecule has 8 heteroatoms. The lowest BCUT2D eigenvalue weighted by molar-refractivity contribution is 0.103. The van der Waals surface area contributed by atoms with Gasteiger partial charge in [0.05, 0.1) is 5.56 Å². The largest absolute Gasteiger partial charge is 0.348 e. The number of carbonyl (C=O) groups excluding carboxylic acids is 1. The van der Waals surface area contributed by atoms with Crippen molar-refractivity contribution in [1.29, 1.82) is 0 Å². The highest BCUT2D eigenvalue weighted by atomic mass is 32.2. The third kappa shape index (κ3) is 3.68. The average Bonchev–Trinajstić information content (AvgIpc) is 3.21. The number of ketones is 1. The van der Waals surface area contributed by atoms with Crippen LogP contribution in [0.15, 0.2) is 60.8 Å². The molecule has 0 saturated carbocycles. The molecule has 1 heterocycles. The van der Waals surface area contributed by atoms with E-state index in [2.05, 4.69) is 4.98 Å². The van der Waals surface area contributed by atoms with E-state index in [0.717, 1.165) is 16.4 Å². The zero-order chi connectivity index (χ0) is 20.5. The quantitative estimate of drug-likeness (QED) is 0.630. The Bertz CT molecular complexity index is 1110. The molecule has 0 aliphatic heterocycles. The van der Waals surface area contributed by atoms with Crippen molar-refractivity contribution in [2.45, 2.75) is 12.2 Å². The standard InChI is InChI=1S/C20H18F2N2O3S/c1-13(28(26,27)24(2)19-7-4-10-23-19)14-5-3-6-15(11-14)20(25)17-9-8-16(21)12-18(17)22/h3-13,23H,1-2H3. The first-order chi connectivity index (χ1) is 13.2. The van der Waals surface area contributed by atoms with E-state index < -0.39 is 32.7 Å². The third-order valence-electron chi connectivity index (χ3n) is 4.54. The fraction of sp³-hybridized carbons (Fsp3) is 0.150. The van der Waals surface area contributed by atoms with Crippen LogP contribution in [0.1, 0.15) is 33.7 Å². The van der Waals surface area contributed by atoms with E-state index in [0.29, 0.717) is 17.4 Å². The lowest BCUT2D eigenvalue weighted by Crippen LogP contribution is -2.30. The van der Waals surface area contributed by atoms with Gasteiger partial charge in [-0.2, -0.15) is 0 Å². The minimum atomic E-state index is -3.77. The van der Waals surface area contributed by atoms with Gasteiger partial charge in [0.2, 0.25) is 10.0 Å². The summed E-state index contributed by atoms with van der Waals surface area (Å²) in [4.78, 5) is 15.4. The maximum atomic E-state index is 13.9. The predicted octanol–water partition coefficient (Wildman–Crippen LogP) is 4.05. The fourth-order valence-corrected chi connectivity index (χ4v) is 4.18. The van der Waals surface area contributed by atoms with E-state index in [1.54, 1.807) is 24.4 Å². The van der Waals surface area contributed by atoms with Gasteiger partial charge >= 0.3 is 0 Å². The highest BCUT2D eigenvalue weighted by molar-refractivity contribution is 7.93. The van der Waals surface area contributed by atoms with Crippen molar-refractivity contribution in [3.8, 4) is 0 Å². The normalized spacial score (nSPS) is 12.6. The van der Waals surface area contributed by atoms with Crippen LogP contribution in [-0.2, 0) is 10.0 Å². The summed E-state index contributed by atoms with van der Waals surface area (Å²) in [5, 5.41) is -0.952. The summed E-state index contributed by atoms with van der Waals surface area (Å²) in [6, 6.07) is 12.0. The first kappa shape index (κ1) is 19.8. The number of aromatic amines is 1. The summed E-state index contributed by atoms with van der Waals surface area (Å²) in [6.07, 6.45) is 1.61. The van der Waals surface area contributed by atoms with Gasteiger partial charge in [0, 0.05) is 24.9 Å². The van der Waals surface area contributed by atoms with E-state index in [9.17, 15) is 22.0 Å². The van der Waals surface area contributed by atoms with E-state index >= 15 is 0 Å². The van der Waals surface area contributed by atoms with Crippen molar-refractivity contribution in [1.82, 2.24) is 4.98 Å². The maximum absolute atomic E-state index is 13.9. The number of aromatic nitrogens is 1. The van der Waals surface area contributed by atoms with Crippen LogP contribution >= 0.6 is 0 Å². The summed E-state index contributed by atoms with van der Waals surface area (Å²) in [5.41, 5.74) is 0.219. The van der Waals surface area contributed by atoms with Crippen LogP contribution in [0.25, 0.3) is 0 Å². The number of anilines is 1. The van der Waals surface area contributed by atoms with Crippen molar-refractivity contribution in [3.05, 3.63) is 89.1 Å². The van der Waals surface area contributed by atoms with Gasteiger partial charge in [0.15, 0.2) is 5.78 Å². The number of hydrogen-bond donors (Lipinski definition) is 1. The Balaban J connectivity index is 1.93. The molecule has 28 heavy (non-hydrogen) atoms. The second-order valence-corrected chi connectivity index (χ2v) is 8.57. The van der Waals surface area contributed by atoms with Gasteiger partial charge in [0.25, 0.3) is 0 Å². The molecule has 1 atom stereocenters. The van der Waals surface area contributed by atoms with Gasteiger partial charge in [-0.25, -0.2) is 17.2 Å². The summed E-state index contributed by atoms with van der Waals surface area (Å²) in [7, 11) is -2.34. The molecule has 0 aliphatic rings. The molecule has 2 aromatic carbocycles. The average molecular weight is 404 g/mol. The van der Waals surface area contributed by atoms with Crippen LogP contribution in [0.3, 0.4) is 0 Å². The minimum absolute atomic E-state index is 0.118. The molecule has 0 amide bonds. The van der Waals surface area contributed by atoms with Gasteiger partial charge in [-0.3, -0.25) is 9.10 Å². The van der Waals surface area contributed by atoms with E-state index in [-0.39, 0.29) is 11.1 Å². The van der Waals surface area contributed by atoms with Crippen LogP contribution in [0.2, 0.25) is 0 Å². The van der Waals surface area contributed by atoms with Crippen LogP contribution < -0.4 is 4.31 Å². The summed E-state index contributed by atoms with van der Waals surface area (Å²) in [6.45, 7) is 1.51. The summed E-state index contributed by atoms with van der Waals surface area (Å²) in [5.74, 6) is -1.99. The van der Waals surface area contributed by atoms with Crippen molar-refractivity contribution in [3.63, 3.8) is 0 Å². The molecule has 3 aromatic rings. The second-order valence-electron chi connectivity index (χ2n) is 6.29. The van der Waals surface area contributed by atoms with Crippen LogP contribution in [0.4, 0.5) is 14.6 Å². The van der Waals surface area contributed by atoms with E-state index in [4.69, 9.17) is 0 Å². The number of nitrogens with one attached hydrogen (secondary N) is 1. The monoisotopic (exact) mass is 404 g/mol. The molecule has 0 fully saturated rings. The van der Waals surface area contributed by atoms with Gasteiger partial charge in [0.1, 0.15) is 22.7 Å². The molecule has 3 rings (SSSR count). The van der Waals surface area contributed by atoms with E-state index in [1.807, 2.05) is 0 Å². The number of nitrogens with zero attached hydrogens (tertiary/aromatic N) is 1. The Labute approximate surface area is 161 Å². The lowest BCUT2D eigenvalue weighted by Gasteiger charge is -2.23. The molecule has 0 aliphatic carbocycles. The first-order valence-corrected chi connectivity index (χ1v) is 9.93. The third-order valence-corrected chi connectivity index (χ3v) is 6.67. The number of benzene rings is 2. The molecule has 0 bridgehead atoms. The van der Waals surface area contributed by atoms with Crippen molar-refractivity contribution in [2.75, 3.05) is 11.4 Å². The number of halogens is 2. The summed E-state index contributed by atoms with van der Waals surface area (Å²) < 4.78 is 53.9. The van der Waals surface area contributed by atoms with E-state index in [1.165, 1.54) is 32.2 Å². The highest BCUT2D eigenvalue weighted by Crippen LogP contribution is 2.28. The molecule has 1 aromatic heterocycles. The number of rotatable bonds is 6. The van der Waals surface area contributed by atoms with Crippen LogP contribution in [0, 0.1) is 11.6 Å². The SMILES string of the molecule is CC(c1cccc(C(=O)c2ccc(F)cc2F)c1)S(=O)(=O)N(C)c1ccc[nH]1. The second kappa shape index (κ2) is 7.55. The Morgan fingerprint density at radius 3 is 2.46 bits per heavy atom. The zero-order valence-electron chi connectivity index (χ0n) is 15.2. The van der Waals surface area contributed by atoms with Gasteiger partial charge in [-0.05, 0) is 42.8 Å². The molecule has 1 N–H and O–H groups in total. The first-order valence-electron chi connectivity index (χ1n) is 8.42. The molecule has 0 spiro atoms. The molecule has 5 nitrogen and oxygen atoms in total. The number of H-pyrrole nitrogens is 1. The maximum Gasteiger partial charge on any atom is 0.242 e. The Morgan fingerprint density at radius 1 is 1.07 bits per heavy atom. The topological polar surface area (TPSA) is 70.2 Å². The Hall–Kier alpha value is -3.00.